The molecule has 22 heavy (non-hydrogen) atoms. The van der Waals surface area contributed by atoms with Gasteiger partial charge >= 0.3 is 0 Å². The monoisotopic (exact) mass is 289 g/mol. The lowest BCUT2D eigenvalue weighted by atomic mass is 10.2. The molecular weight excluding hydrogens is 270 g/mol. The minimum Gasteiger partial charge on any atom is -0.457 e. The Morgan fingerprint density at radius 1 is 0.636 bits per heavy atom. The Bertz CT molecular complexity index is 695. The summed E-state index contributed by atoms with van der Waals surface area (Å²) in [6.07, 6.45) is 0. The van der Waals surface area contributed by atoms with Gasteiger partial charge in [0.05, 0.1) is 0 Å². The van der Waals surface area contributed by atoms with Crippen LogP contribution >= 0.6 is 0 Å². The van der Waals surface area contributed by atoms with Crippen LogP contribution in [0.25, 0.3) is 0 Å². The van der Waals surface area contributed by atoms with Gasteiger partial charge in [-0.2, -0.15) is 0 Å². The summed E-state index contributed by atoms with van der Waals surface area (Å²) in [5.41, 5.74) is 2.44. The molecule has 0 radical (unpaired) electrons. The van der Waals surface area contributed by atoms with E-state index < -0.39 is 0 Å². The maximum atomic E-state index is 5.97. The van der Waals surface area contributed by atoms with Gasteiger partial charge in [-0.3, -0.25) is 0 Å². The molecule has 0 atom stereocenters. The number of hydrogen-bond donors (Lipinski definition) is 1. The lowest BCUT2D eigenvalue weighted by molar-refractivity contribution is 0.472. The van der Waals surface area contributed by atoms with Crippen LogP contribution in [-0.4, -0.2) is 0 Å². The zero-order valence-electron chi connectivity index (χ0n) is 12.4. The van der Waals surface area contributed by atoms with Crippen molar-refractivity contribution < 1.29 is 4.74 Å². The molecular formula is C20H19NO. The first-order valence-corrected chi connectivity index (χ1v) is 7.47. The molecule has 0 saturated carbocycles. The van der Waals surface area contributed by atoms with E-state index in [1.165, 1.54) is 5.56 Å². The molecule has 0 bridgehead atoms. The quantitative estimate of drug-likeness (QED) is 0.706. The highest BCUT2D eigenvalue weighted by atomic mass is 16.5. The van der Waals surface area contributed by atoms with Gasteiger partial charge in [0.25, 0.3) is 0 Å². The normalized spacial score (nSPS) is 10.4. The number of ether oxygens (including phenoxy) is 1. The van der Waals surface area contributed by atoms with Gasteiger partial charge in [0, 0.05) is 18.7 Å². The van der Waals surface area contributed by atoms with Crippen molar-refractivity contribution in [3.63, 3.8) is 0 Å². The van der Waals surface area contributed by atoms with E-state index in [9.17, 15) is 0 Å². The van der Waals surface area contributed by atoms with Gasteiger partial charge in [0.1, 0.15) is 11.5 Å². The zero-order chi connectivity index (χ0) is 15.0. The van der Waals surface area contributed by atoms with E-state index in [0.717, 1.165) is 30.2 Å². The lowest BCUT2D eigenvalue weighted by Gasteiger charge is -2.12. The highest BCUT2D eigenvalue weighted by molar-refractivity contribution is 5.37. The topological polar surface area (TPSA) is 21.3 Å². The second kappa shape index (κ2) is 7.43. The molecule has 0 aliphatic rings. The molecule has 3 rings (SSSR count). The SMILES string of the molecule is c1ccc(CNCc2ccccc2Oc2ccccc2)cc1. The molecule has 0 saturated heterocycles. The Kier molecular flexibility index (Phi) is 4.85. The first-order chi connectivity index (χ1) is 10.9. The second-order valence-electron chi connectivity index (χ2n) is 5.11. The molecule has 2 heteroatoms. The van der Waals surface area contributed by atoms with Crippen LogP contribution in [-0.2, 0) is 13.1 Å². The highest BCUT2D eigenvalue weighted by Crippen LogP contribution is 2.24. The average molecular weight is 289 g/mol. The van der Waals surface area contributed by atoms with Gasteiger partial charge in [0.15, 0.2) is 0 Å². The third kappa shape index (κ3) is 3.96. The van der Waals surface area contributed by atoms with Gasteiger partial charge in [-0.05, 0) is 23.8 Å². The maximum Gasteiger partial charge on any atom is 0.131 e. The van der Waals surface area contributed by atoms with E-state index in [1.807, 2.05) is 54.6 Å². The smallest absolute Gasteiger partial charge is 0.131 e. The fourth-order valence-corrected chi connectivity index (χ4v) is 2.30. The first kappa shape index (κ1) is 14.4. The molecule has 3 aromatic carbocycles. The van der Waals surface area contributed by atoms with E-state index >= 15 is 0 Å². The number of nitrogens with one attached hydrogen (secondary N) is 1. The van der Waals surface area contributed by atoms with E-state index in [-0.39, 0.29) is 0 Å². The third-order valence-electron chi connectivity index (χ3n) is 3.43. The summed E-state index contributed by atoms with van der Waals surface area (Å²) in [6.45, 7) is 1.62. The zero-order valence-corrected chi connectivity index (χ0v) is 12.4. The van der Waals surface area contributed by atoms with Crippen molar-refractivity contribution in [2.24, 2.45) is 0 Å². The van der Waals surface area contributed by atoms with Crippen LogP contribution in [0.4, 0.5) is 0 Å². The molecule has 3 aromatic rings. The van der Waals surface area contributed by atoms with Crippen molar-refractivity contribution in [3.8, 4) is 11.5 Å². The molecule has 0 amide bonds. The minimum absolute atomic E-state index is 0.776. The van der Waals surface area contributed by atoms with Gasteiger partial charge in [0.2, 0.25) is 0 Å². The fraction of sp³-hybridized carbons (Fsp3) is 0.100. The lowest BCUT2D eigenvalue weighted by Crippen LogP contribution is -2.13. The molecule has 0 aliphatic heterocycles. The van der Waals surface area contributed by atoms with Crippen LogP contribution in [0.1, 0.15) is 11.1 Å². The van der Waals surface area contributed by atoms with Crippen molar-refractivity contribution in [3.05, 3.63) is 96.1 Å². The van der Waals surface area contributed by atoms with Crippen LogP contribution < -0.4 is 10.1 Å². The Morgan fingerprint density at radius 2 is 1.27 bits per heavy atom. The standard InChI is InChI=1S/C20H19NO/c1-3-9-17(10-4-1)15-21-16-18-11-7-8-14-20(18)22-19-12-5-2-6-13-19/h1-14,21H,15-16H2. The summed E-state index contributed by atoms with van der Waals surface area (Å²) in [4.78, 5) is 0. The van der Waals surface area contributed by atoms with Crippen LogP contribution in [0.5, 0.6) is 11.5 Å². The van der Waals surface area contributed by atoms with Crippen molar-refractivity contribution in [1.82, 2.24) is 5.32 Å². The molecule has 2 nitrogen and oxygen atoms in total. The molecule has 0 aromatic heterocycles. The first-order valence-electron chi connectivity index (χ1n) is 7.47. The van der Waals surface area contributed by atoms with E-state index in [4.69, 9.17) is 4.74 Å². The largest absolute Gasteiger partial charge is 0.457 e. The van der Waals surface area contributed by atoms with Crippen molar-refractivity contribution >= 4 is 0 Å². The Labute approximate surface area is 131 Å². The number of benzene rings is 3. The van der Waals surface area contributed by atoms with Crippen LogP contribution in [0.2, 0.25) is 0 Å². The van der Waals surface area contributed by atoms with E-state index in [0.29, 0.717) is 0 Å². The summed E-state index contributed by atoms with van der Waals surface area (Å²) < 4.78 is 5.97. The van der Waals surface area contributed by atoms with Crippen LogP contribution in [0.3, 0.4) is 0 Å². The molecule has 0 aliphatic carbocycles. The molecule has 0 fully saturated rings. The van der Waals surface area contributed by atoms with E-state index in [2.05, 4.69) is 35.6 Å². The minimum atomic E-state index is 0.776. The van der Waals surface area contributed by atoms with Gasteiger partial charge in [-0.15, -0.1) is 0 Å². The Balaban J connectivity index is 1.64. The predicted molar refractivity (Wildman–Crippen MR) is 89.9 cm³/mol. The van der Waals surface area contributed by atoms with Crippen LogP contribution in [0.15, 0.2) is 84.9 Å². The molecule has 1 N–H and O–H groups in total. The number of para-hydroxylation sites is 2. The second-order valence-corrected chi connectivity index (χ2v) is 5.11. The van der Waals surface area contributed by atoms with Gasteiger partial charge in [-0.1, -0.05) is 66.7 Å². The predicted octanol–water partition coefficient (Wildman–Crippen LogP) is 4.77. The summed E-state index contributed by atoms with van der Waals surface area (Å²) in [5, 5.41) is 3.46. The average Bonchev–Trinajstić information content (AvgIpc) is 2.58. The fourth-order valence-electron chi connectivity index (χ4n) is 2.30. The molecule has 110 valence electrons. The van der Waals surface area contributed by atoms with E-state index in [1.54, 1.807) is 0 Å². The van der Waals surface area contributed by atoms with Crippen molar-refractivity contribution in [1.29, 1.82) is 0 Å². The number of hydrogen-bond acceptors (Lipinski definition) is 2. The Morgan fingerprint density at radius 3 is 2.05 bits per heavy atom. The van der Waals surface area contributed by atoms with Gasteiger partial charge in [-0.25, -0.2) is 0 Å². The highest BCUT2D eigenvalue weighted by Gasteiger charge is 2.04. The summed E-state index contributed by atoms with van der Waals surface area (Å²) in [5.74, 6) is 1.76. The molecule has 0 unspecified atom stereocenters. The third-order valence-corrected chi connectivity index (χ3v) is 3.43. The van der Waals surface area contributed by atoms with Crippen molar-refractivity contribution in [2.45, 2.75) is 13.1 Å². The van der Waals surface area contributed by atoms with Crippen molar-refractivity contribution in [2.75, 3.05) is 0 Å². The Hall–Kier alpha value is -2.58. The van der Waals surface area contributed by atoms with Crippen LogP contribution in [0, 0.1) is 0 Å². The molecule has 0 heterocycles. The summed E-state index contributed by atoms with van der Waals surface area (Å²) in [7, 11) is 0. The van der Waals surface area contributed by atoms with Gasteiger partial charge < -0.3 is 10.1 Å². The molecule has 0 spiro atoms. The summed E-state index contributed by atoms with van der Waals surface area (Å²) in [6, 6.07) is 28.4. The summed E-state index contributed by atoms with van der Waals surface area (Å²) >= 11 is 0. The number of rotatable bonds is 6. The maximum absolute atomic E-state index is 5.97.